The lowest BCUT2D eigenvalue weighted by Crippen LogP contribution is -2.27. The first-order valence-corrected chi connectivity index (χ1v) is 7.48. The number of benzene rings is 1. The Kier molecular flexibility index (Phi) is 5.14. The Bertz CT molecular complexity index is 461. The van der Waals surface area contributed by atoms with Gasteiger partial charge in [0.05, 0.1) is 0 Å². The molecular weight excluding hydrogens is 279 g/mol. The molecule has 3 unspecified atom stereocenters. The van der Waals surface area contributed by atoms with Crippen molar-refractivity contribution in [2.75, 3.05) is 6.54 Å². The molecule has 1 aliphatic rings. The number of hydrogen-bond acceptors (Lipinski definition) is 2. The van der Waals surface area contributed by atoms with Crippen LogP contribution in [-0.2, 0) is 0 Å². The highest BCUT2D eigenvalue weighted by atomic mass is 19.4. The third kappa shape index (κ3) is 4.63. The predicted octanol–water partition coefficient (Wildman–Crippen LogP) is 4.67. The maximum atomic E-state index is 12.3. The van der Waals surface area contributed by atoms with Crippen molar-refractivity contribution in [1.82, 2.24) is 5.32 Å². The van der Waals surface area contributed by atoms with E-state index in [1.807, 2.05) is 13.0 Å². The zero-order valence-corrected chi connectivity index (χ0v) is 12.4. The smallest absolute Gasteiger partial charge is 0.406 e. The highest BCUT2D eigenvalue weighted by Crippen LogP contribution is 2.39. The molecule has 0 radical (unpaired) electrons. The van der Waals surface area contributed by atoms with Gasteiger partial charge in [-0.05, 0) is 48.9 Å². The second-order valence-electron chi connectivity index (χ2n) is 5.83. The summed E-state index contributed by atoms with van der Waals surface area (Å²) in [5.41, 5.74) is 0.873. The fourth-order valence-corrected chi connectivity index (χ4v) is 3.24. The Hall–Kier alpha value is -1.23. The third-order valence-corrected chi connectivity index (χ3v) is 4.08. The van der Waals surface area contributed by atoms with Gasteiger partial charge < -0.3 is 10.1 Å². The number of ether oxygens (including phenoxy) is 1. The number of halogens is 3. The van der Waals surface area contributed by atoms with E-state index in [0.717, 1.165) is 24.9 Å². The van der Waals surface area contributed by atoms with Crippen LogP contribution in [0.15, 0.2) is 24.3 Å². The molecule has 2 nitrogen and oxygen atoms in total. The van der Waals surface area contributed by atoms with E-state index in [-0.39, 0.29) is 11.8 Å². The Morgan fingerprint density at radius 2 is 2.10 bits per heavy atom. The van der Waals surface area contributed by atoms with E-state index in [9.17, 15) is 13.2 Å². The molecule has 0 aromatic heterocycles. The molecule has 0 bridgehead atoms. The topological polar surface area (TPSA) is 21.3 Å². The summed E-state index contributed by atoms with van der Waals surface area (Å²) in [5.74, 6) is 1.01. The van der Waals surface area contributed by atoms with Gasteiger partial charge in [-0.2, -0.15) is 0 Å². The molecule has 1 aromatic rings. The van der Waals surface area contributed by atoms with Gasteiger partial charge in [-0.15, -0.1) is 13.2 Å². The monoisotopic (exact) mass is 301 g/mol. The number of alkyl halides is 3. The summed E-state index contributed by atoms with van der Waals surface area (Å²) < 4.78 is 41.0. The van der Waals surface area contributed by atoms with Crippen molar-refractivity contribution < 1.29 is 17.9 Å². The predicted molar refractivity (Wildman–Crippen MR) is 76.0 cm³/mol. The van der Waals surface area contributed by atoms with Crippen LogP contribution in [-0.4, -0.2) is 12.9 Å². The molecule has 1 N–H and O–H groups in total. The molecule has 1 aromatic carbocycles. The number of rotatable bonds is 5. The minimum absolute atomic E-state index is 0.0942. The summed E-state index contributed by atoms with van der Waals surface area (Å²) in [6.07, 6.45) is -1.23. The van der Waals surface area contributed by atoms with E-state index < -0.39 is 6.36 Å². The average molecular weight is 301 g/mol. The van der Waals surface area contributed by atoms with Crippen LogP contribution in [0.1, 0.15) is 44.7 Å². The molecule has 3 atom stereocenters. The van der Waals surface area contributed by atoms with Gasteiger partial charge in [-0.3, -0.25) is 0 Å². The van der Waals surface area contributed by atoms with Crippen LogP contribution in [0.4, 0.5) is 13.2 Å². The van der Waals surface area contributed by atoms with Gasteiger partial charge in [0.1, 0.15) is 5.75 Å². The Morgan fingerprint density at radius 3 is 2.67 bits per heavy atom. The van der Waals surface area contributed by atoms with E-state index in [2.05, 4.69) is 17.0 Å². The van der Waals surface area contributed by atoms with Gasteiger partial charge in [-0.25, -0.2) is 0 Å². The van der Waals surface area contributed by atoms with E-state index in [4.69, 9.17) is 0 Å². The van der Waals surface area contributed by atoms with Gasteiger partial charge in [-0.1, -0.05) is 32.4 Å². The van der Waals surface area contributed by atoms with E-state index in [1.165, 1.54) is 18.6 Å². The van der Waals surface area contributed by atoms with Crippen LogP contribution in [0.25, 0.3) is 0 Å². The van der Waals surface area contributed by atoms with Crippen molar-refractivity contribution in [3.63, 3.8) is 0 Å². The molecule has 0 amide bonds. The van der Waals surface area contributed by atoms with Gasteiger partial charge in [0.2, 0.25) is 0 Å². The molecule has 21 heavy (non-hydrogen) atoms. The summed E-state index contributed by atoms with van der Waals surface area (Å²) in [6, 6.07) is 6.44. The normalized spacial score (nSPS) is 24.0. The maximum absolute atomic E-state index is 12.3. The summed E-state index contributed by atoms with van der Waals surface area (Å²) >= 11 is 0. The molecule has 1 saturated carbocycles. The molecular formula is C16H22F3NO. The first-order valence-electron chi connectivity index (χ1n) is 7.48. The van der Waals surface area contributed by atoms with Crippen LogP contribution in [0.3, 0.4) is 0 Å². The molecule has 0 heterocycles. The Balaban J connectivity index is 2.18. The fourth-order valence-electron chi connectivity index (χ4n) is 3.24. The largest absolute Gasteiger partial charge is 0.573 e. The van der Waals surface area contributed by atoms with E-state index in [0.29, 0.717) is 11.8 Å². The van der Waals surface area contributed by atoms with Gasteiger partial charge in [0.15, 0.2) is 0 Å². The fraction of sp³-hybridized carbons (Fsp3) is 0.625. The number of hydrogen-bond donors (Lipinski definition) is 1. The highest BCUT2D eigenvalue weighted by molar-refractivity contribution is 5.31. The van der Waals surface area contributed by atoms with Crippen molar-refractivity contribution in [2.45, 2.75) is 45.5 Å². The SMILES string of the molecule is CCNC(c1cccc(OC(F)(F)F)c1)C1CCC(C)C1. The van der Waals surface area contributed by atoms with Crippen molar-refractivity contribution >= 4 is 0 Å². The van der Waals surface area contributed by atoms with Crippen LogP contribution in [0, 0.1) is 11.8 Å². The highest BCUT2D eigenvalue weighted by Gasteiger charge is 2.32. The lowest BCUT2D eigenvalue weighted by Gasteiger charge is -2.25. The molecule has 118 valence electrons. The lowest BCUT2D eigenvalue weighted by molar-refractivity contribution is -0.274. The molecule has 0 saturated heterocycles. The maximum Gasteiger partial charge on any atom is 0.573 e. The Morgan fingerprint density at radius 1 is 1.33 bits per heavy atom. The van der Waals surface area contributed by atoms with Crippen molar-refractivity contribution in [2.24, 2.45) is 11.8 Å². The molecule has 5 heteroatoms. The number of nitrogens with one attached hydrogen (secondary N) is 1. The quantitative estimate of drug-likeness (QED) is 0.853. The first kappa shape index (κ1) is 16.1. The lowest BCUT2D eigenvalue weighted by atomic mass is 9.90. The average Bonchev–Trinajstić information content (AvgIpc) is 2.80. The summed E-state index contributed by atoms with van der Waals surface area (Å²) in [4.78, 5) is 0. The van der Waals surface area contributed by atoms with Crippen LogP contribution in [0.5, 0.6) is 5.75 Å². The zero-order valence-electron chi connectivity index (χ0n) is 12.4. The molecule has 0 spiro atoms. The van der Waals surface area contributed by atoms with Crippen molar-refractivity contribution in [3.8, 4) is 5.75 Å². The standard InChI is InChI=1S/C16H22F3NO/c1-3-20-15(13-8-7-11(2)9-13)12-5-4-6-14(10-12)21-16(17,18)19/h4-6,10-11,13,15,20H,3,7-9H2,1-2H3. The molecule has 0 aliphatic heterocycles. The van der Waals surface area contributed by atoms with Crippen molar-refractivity contribution in [3.05, 3.63) is 29.8 Å². The van der Waals surface area contributed by atoms with Crippen LogP contribution < -0.4 is 10.1 Å². The molecule has 2 rings (SSSR count). The second-order valence-corrected chi connectivity index (χ2v) is 5.83. The van der Waals surface area contributed by atoms with Crippen LogP contribution in [0.2, 0.25) is 0 Å². The molecule has 1 aliphatic carbocycles. The summed E-state index contributed by atoms with van der Waals surface area (Å²) in [5, 5.41) is 3.41. The third-order valence-electron chi connectivity index (χ3n) is 4.08. The summed E-state index contributed by atoms with van der Waals surface area (Å²) in [7, 11) is 0. The summed E-state index contributed by atoms with van der Waals surface area (Å²) in [6.45, 7) is 5.04. The zero-order chi connectivity index (χ0) is 15.5. The second kappa shape index (κ2) is 6.69. The van der Waals surface area contributed by atoms with Gasteiger partial charge in [0, 0.05) is 6.04 Å². The van der Waals surface area contributed by atoms with Crippen molar-refractivity contribution in [1.29, 1.82) is 0 Å². The minimum atomic E-state index is -4.64. The minimum Gasteiger partial charge on any atom is -0.406 e. The van der Waals surface area contributed by atoms with E-state index >= 15 is 0 Å². The first-order chi connectivity index (χ1) is 9.89. The van der Waals surface area contributed by atoms with Crippen LogP contribution >= 0.6 is 0 Å². The molecule has 1 fully saturated rings. The Labute approximate surface area is 123 Å². The van der Waals surface area contributed by atoms with E-state index in [1.54, 1.807) is 6.07 Å². The van der Waals surface area contributed by atoms with Gasteiger partial charge >= 0.3 is 6.36 Å². The van der Waals surface area contributed by atoms with Gasteiger partial charge in [0.25, 0.3) is 0 Å².